The van der Waals surface area contributed by atoms with Gasteiger partial charge < -0.3 is 19.9 Å². The van der Waals surface area contributed by atoms with Crippen molar-refractivity contribution in [2.24, 2.45) is 0 Å². The van der Waals surface area contributed by atoms with Gasteiger partial charge in [0, 0.05) is 49.1 Å². The lowest BCUT2D eigenvalue weighted by molar-refractivity contribution is 0.0240. The molecule has 150 valence electrons. The van der Waals surface area contributed by atoms with Crippen molar-refractivity contribution in [2.75, 3.05) is 36.4 Å². The number of piperazine rings is 1. The molecule has 0 unspecified atom stereocenters. The molecule has 5 nitrogen and oxygen atoms in total. The lowest BCUT2D eigenvalue weighted by Crippen LogP contribution is -2.50. The number of rotatable bonds is 4. The fourth-order valence-corrected chi connectivity index (χ4v) is 3.20. The maximum atomic E-state index is 12.2. The van der Waals surface area contributed by atoms with E-state index in [1.54, 1.807) is 4.90 Å². The van der Waals surface area contributed by atoms with Crippen LogP contribution in [0, 0.1) is 0 Å². The summed E-state index contributed by atoms with van der Waals surface area (Å²) < 4.78 is 5.46. The van der Waals surface area contributed by atoms with Crippen molar-refractivity contribution in [3.05, 3.63) is 59.1 Å². The first-order chi connectivity index (χ1) is 13.3. The minimum Gasteiger partial charge on any atom is -0.444 e. The predicted octanol–water partition coefficient (Wildman–Crippen LogP) is 5.01. The van der Waals surface area contributed by atoms with E-state index in [2.05, 4.69) is 34.5 Å². The molecular weight excluding hydrogens is 374 g/mol. The molecule has 0 atom stereocenters. The van der Waals surface area contributed by atoms with E-state index in [1.807, 2.05) is 45.0 Å². The zero-order valence-electron chi connectivity index (χ0n) is 16.7. The Bertz CT molecular complexity index is 777. The van der Waals surface area contributed by atoms with Crippen LogP contribution < -0.4 is 10.2 Å². The molecule has 1 aliphatic heterocycles. The fourth-order valence-electron chi connectivity index (χ4n) is 3.07. The number of amides is 1. The second-order valence-electron chi connectivity index (χ2n) is 7.98. The number of hydrogen-bond donors (Lipinski definition) is 1. The highest BCUT2D eigenvalue weighted by atomic mass is 35.5. The van der Waals surface area contributed by atoms with E-state index in [-0.39, 0.29) is 6.09 Å². The van der Waals surface area contributed by atoms with Crippen LogP contribution >= 0.6 is 11.6 Å². The van der Waals surface area contributed by atoms with Crippen molar-refractivity contribution in [3.63, 3.8) is 0 Å². The predicted molar refractivity (Wildman–Crippen MR) is 115 cm³/mol. The van der Waals surface area contributed by atoms with Gasteiger partial charge >= 0.3 is 6.09 Å². The van der Waals surface area contributed by atoms with E-state index in [1.165, 1.54) is 11.3 Å². The molecule has 1 heterocycles. The van der Waals surface area contributed by atoms with Crippen LogP contribution in [-0.4, -0.2) is 42.8 Å². The van der Waals surface area contributed by atoms with Crippen LogP contribution in [0.4, 0.5) is 16.2 Å². The third kappa shape index (κ3) is 5.80. The highest BCUT2D eigenvalue weighted by Gasteiger charge is 2.25. The third-order valence-electron chi connectivity index (χ3n) is 4.57. The Hall–Kier alpha value is -2.40. The van der Waals surface area contributed by atoms with Gasteiger partial charge in [-0.2, -0.15) is 0 Å². The molecular formula is C22H28ClN3O2. The Morgan fingerprint density at radius 2 is 1.61 bits per heavy atom. The normalized spacial score (nSPS) is 14.7. The van der Waals surface area contributed by atoms with Gasteiger partial charge in [-0.1, -0.05) is 23.7 Å². The number of carbonyl (C=O) groups is 1. The van der Waals surface area contributed by atoms with Crippen molar-refractivity contribution in [1.29, 1.82) is 0 Å². The van der Waals surface area contributed by atoms with Gasteiger partial charge in [0.25, 0.3) is 0 Å². The van der Waals surface area contributed by atoms with Gasteiger partial charge in [-0.3, -0.25) is 0 Å². The first kappa shape index (κ1) is 20.3. The summed E-state index contributed by atoms with van der Waals surface area (Å²) in [6.07, 6.45) is -0.228. The molecule has 0 saturated carbocycles. The van der Waals surface area contributed by atoms with E-state index in [9.17, 15) is 4.79 Å². The Morgan fingerprint density at radius 3 is 2.18 bits per heavy atom. The van der Waals surface area contributed by atoms with E-state index in [0.29, 0.717) is 13.1 Å². The molecule has 0 spiro atoms. The highest BCUT2D eigenvalue weighted by molar-refractivity contribution is 6.30. The Balaban J connectivity index is 1.49. The quantitative estimate of drug-likeness (QED) is 0.782. The molecule has 2 aromatic carbocycles. The van der Waals surface area contributed by atoms with Crippen LogP contribution in [0.15, 0.2) is 48.5 Å². The zero-order chi connectivity index (χ0) is 20.1. The second kappa shape index (κ2) is 8.74. The van der Waals surface area contributed by atoms with Gasteiger partial charge in [-0.25, -0.2) is 4.79 Å². The second-order valence-corrected chi connectivity index (χ2v) is 8.42. The van der Waals surface area contributed by atoms with Crippen LogP contribution in [0.5, 0.6) is 0 Å². The molecule has 0 aromatic heterocycles. The van der Waals surface area contributed by atoms with Gasteiger partial charge in [0.1, 0.15) is 5.60 Å². The van der Waals surface area contributed by atoms with Crippen molar-refractivity contribution in [1.82, 2.24) is 4.90 Å². The van der Waals surface area contributed by atoms with Gasteiger partial charge in [0.05, 0.1) is 0 Å². The standard InChI is InChI=1S/C22H28ClN3O2/c1-22(2,3)28-21(27)26-14-12-25(13-15-26)20-10-8-19(9-11-20)24-16-17-4-6-18(23)7-5-17/h4-11,24H,12-16H2,1-3H3. The number of halogens is 1. The number of ether oxygens (including phenoxy) is 1. The van der Waals surface area contributed by atoms with Crippen LogP contribution in [0.1, 0.15) is 26.3 Å². The number of nitrogens with zero attached hydrogens (tertiary/aromatic N) is 2. The first-order valence-corrected chi connectivity index (χ1v) is 9.99. The van der Waals surface area contributed by atoms with E-state index >= 15 is 0 Å². The van der Waals surface area contributed by atoms with E-state index in [4.69, 9.17) is 16.3 Å². The molecule has 3 rings (SSSR count). The number of anilines is 2. The summed E-state index contributed by atoms with van der Waals surface area (Å²) in [5.74, 6) is 0. The van der Waals surface area contributed by atoms with Crippen LogP contribution in [-0.2, 0) is 11.3 Å². The smallest absolute Gasteiger partial charge is 0.410 e. The van der Waals surface area contributed by atoms with Crippen molar-refractivity contribution in [3.8, 4) is 0 Å². The molecule has 2 aromatic rings. The van der Waals surface area contributed by atoms with E-state index in [0.717, 1.165) is 30.3 Å². The minimum atomic E-state index is -0.455. The zero-order valence-corrected chi connectivity index (χ0v) is 17.5. The molecule has 0 radical (unpaired) electrons. The topological polar surface area (TPSA) is 44.8 Å². The fraction of sp³-hybridized carbons (Fsp3) is 0.409. The highest BCUT2D eigenvalue weighted by Crippen LogP contribution is 2.21. The molecule has 28 heavy (non-hydrogen) atoms. The molecule has 1 aliphatic rings. The van der Waals surface area contributed by atoms with Crippen LogP contribution in [0.3, 0.4) is 0 Å². The largest absolute Gasteiger partial charge is 0.444 e. The summed E-state index contributed by atoms with van der Waals surface area (Å²) in [6, 6.07) is 16.3. The summed E-state index contributed by atoms with van der Waals surface area (Å²) in [6.45, 7) is 9.38. The number of hydrogen-bond acceptors (Lipinski definition) is 4. The number of benzene rings is 2. The molecule has 6 heteroatoms. The first-order valence-electron chi connectivity index (χ1n) is 9.61. The monoisotopic (exact) mass is 401 g/mol. The maximum absolute atomic E-state index is 12.2. The minimum absolute atomic E-state index is 0.228. The Kier molecular flexibility index (Phi) is 6.35. The summed E-state index contributed by atoms with van der Waals surface area (Å²) in [4.78, 5) is 16.3. The van der Waals surface area contributed by atoms with Crippen molar-refractivity contribution < 1.29 is 9.53 Å². The third-order valence-corrected chi connectivity index (χ3v) is 4.83. The molecule has 1 fully saturated rings. The summed E-state index contributed by atoms with van der Waals surface area (Å²) in [5, 5.41) is 4.17. The van der Waals surface area contributed by atoms with Crippen molar-refractivity contribution >= 4 is 29.1 Å². The molecule has 1 saturated heterocycles. The number of carbonyl (C=O) groups excluding carboxylic acids is 1. The molecule has 0 bridgehead atoms. The van der Waals surface area contributed by atoms with Crippen LogP contribution in [0.25, 0.3) is 0 Å². The average Bonchev–Trinajstić information content (AvgIpc) is 2.67. The van der Waals surface area contributed by atoms with E-state index < -0.39 is 5.60 Å². The molecule has 1 amide bonds. The lowest BCUT2D eigenvalue weighted by Gasteiger charge is -2.36. The average molecular weight is 402 g/mol. The maximum Gasteiger partial charge on any atom is 0.410 e. The Labute approximate surface area is 172 Å². The summed E-state index contributed by atoms with van der Waals surface area (Å²) in [5.41, 5.74) is 2.97. The SMILES string of the molecule is CC(C)(C)OC(=O)N1CCN(c2ccc(NCc3ccc(Cl)cc3)cc2)CC1. The summed E-state index contributed by atoms with van der Waals surface area (Å²) >= 11 is 5.92. The Morgan fingerprint density at radius 1 is 1.00 bits per heavy atom. The van der Waals surface area contributed by atoms with Crippen LogP contribution in [0.2, 0.25) is 5.02 Å². The number of nitrogens with one attached hydrogen (secondary N) is 1. The van der Waals surface area contributed by atoms with Gasteiger partial charge in [-0.05, 0) is 62.7 Å². The van der Waals surface area contributed by atoms with Gasteiger partial charge in [0.15, 0.2) is 0 Å². The van der Waals surface area contributed by atoms with Crippen molar-refractivity contribution in [2.45, 2.75) is 32.9 Å². The molecule has 1 N–H and O–H groups in total. The molecule has 0 aliphatic carbocycles. The van der Waals surface area contributed by atoms with Gasteiger partial charge in [0.2, 0.25) is 0 Å². The van der Waals surface area contributed by atoms with Gasteiger partial charge in [-0.15, -0.1) is 0 Å². The summed E-state index contributed by atoms with van der Waals surface area (Å²) in [7, 11) is 0. The lowest BCUT2D eigenvalue weighted by atomic mass is 10.2.